The van der Waals surface area contributed by atoms with Gasteiger partial charge in [-0.25, -0.2) is 0 Å². The fourth-order valence-electron chi connectivity index (χ4n) is 0. The molecule has 0 atom stereocenters. The predicted molar refractivity (Wildman–Crippen MR) is 37.1 cm³/mol. The van der Waals surface area contributed by atoms with Crippen LogP contribution >= 0.6 is 12.6 Å². The smallest absolute Gasteiger partial charge is 0.330 e. The maximum atomic E-state index is 8.74. The minimum Gasteiger partial charge on any atom is -0.330 e. The van der Waals surface area contributed by atoms with Crippen molar-refractivity contribution >= 4 is 23.0 Å². The Labute approximate surface area is 59.2 Å². The Balaban J connectivity index is 0. The first kappa shape index (κ1) is 11.9. The first-order valence-electron chi connectivity index (χ1n) is 1.92. The molecular formula is C2H9NO4S2. The minimum atomic E-state index is -4.67. The number of hydrogen-bond donors (Lipinski definition) is 4. The van der Waals surface area contributed by atoms with Crippen LogP contribution in [0.2, 0.25) is 0 Å². The van der Waals surface area contributed by atoms with Gasteiger partial charge in [-0.3, -0.25) is 9.11 Å². The zero-order valence-electron chi connectivity index (χ0n) is 4.56. The van der Waals surface area contributed by atoms with Crippen LogP contribution in [0.25, 0.3) is 0 Å². The van der Waals surface area contributed by atoms with Gasteiger partial charge in [-0.1, -0.05) is 0 Å². The Hall–Kier alpha value is 0.180. The SMILES string of the molecule is NCCS.O=S(=O)(O)O. The van der Waals surface area contributed by atoms with Gasteiger partial charge in [0.1, 0.15) is 0 Å². The van der Waals surface area contributed by atoms with Gasteiger partial charge in [-0.15, -0.1) is 0 Å². The quantitative estimate of drug-likeness (QED) is 0.309. The molecule has 4 N–H and O–H groups in total. The molecule has 0 unspecified atom stereocenters. The maximum Gasteiger partial charge on any atom is 0.394 e. The molecule has 0 spiro atoms. The summed E-state index contributed by atoms with van der Waals surface area (Å²) in [6, 6.07) is 0. The monoisotopic (exact) mass is 175 g/mol. The molecule has 58 valence electrons. The van der Waals surface area contributed by atoms with E-state index in [0.717, 1.165) is 5.75 Å². The maximum absolute atomic E-state index is 8.74. The molecule has 9 heavy (non-hydrogen) atoms. The van der Waals surface area contributed by atoms with Gasteiger partial charge in [-0.05, 0) is 0 Å². The van der Waals surface area contributed by atoms with Gasteiger partial charge in [0.25, 0.3) is 0 Å². The molecule has 0 fully saturated rings. The third-order valence-electron chi connectivity index (χ3n) is 0.129. The lowest BCUT2D eigenvalue weighted by molar-refractivity contribution is 0.381. The molecule has 0 saturated carbocycles. The van der Waals surface area contributed by atoms with Crippen molar-refractivity contribution in [3.63, 3.8) is 0 Å². The predicted octanol–water partition coefficient (Wildman–Crippen LogP) is -0.778. The molecule has 0 aliphatic heterocycles. The summed E-state index contributed by atoms with van der Waals surface area (Å²) in [6.45, 7) is 0.684. The summed E-state index contributed by atoms with van der Waals surface area (Å²) in [4.78, 5) is 0. The highest BCUT2D eigenvalue weighted by molar-refractivity contribution is 7.80. The van der Waals surface area contributed by atoms with Crippen molar-refractivity contribution in [1.82, 2.24) is 0 Å². The van der Waals surface area contributed by atoms with E-state index in [4.69, 9.17) is 23.3 Å². The molecule has 0 aromatic heterocycles. The normalized spacial score (nSPS) is 9.78. The first-order valence-corrected chi connectivity index (χ1v) is 3.95. The lowest BCUT2D eigenvalue weighted by Crippen LogP contribution is -1.97. The second-order valence-corrected chi connectivity index (χ2v) is 2.30. The van der Waals surface area contributed by atoms with Gasteiger partial charge in [-0.2, -0.15) is 21.0 Å². The Kier molecular flexibility index (Phi) is 8.34. The summed E-state index contributed by atoms with van der Waals surface area (Å²) < 4.78 is 31.6. The molecule has 0 aliphatic carbocycles. The molecule has 0 radical (unpaired) electrons. The van der Waals surface area contributed by atoms with Crippen LogP contribution < -0.4 is 5.73 Å². The van der Waals surface area contributed by atoms with E-state index in [2.05, 4.69) is 12.6 Å². The van der Waals surface area contributed by atoms with Crippen LogP contribution in [-0.2, 0) is 10.4 Å². The molecule has 7 heteroatoms. The Morgan fingerprint density at radius 2 is 1.56 bits per heavy atom. The zero-order chi connectivity index (χ0) is 7.91. The van der Waals surface area contributed by atoms with Crippen LogP contribution in [0.3, 0.4) is 0 Å². The summed E-state index contributed by atoms with van der Waals surface area (Å²) in [5, 5.41) is 0. The van der Waals surface area contributed by atoms with E-state index in [1.165, 1.54) is 0 Å². The van der Waals surface area contributed by atoms with E-state index in [0.29, 0.717) is 6.54 Å². The van der Waals surface area contributed by atoms with Crippen molar-refractivity contribution in [3.05, 3.63) is 0 Å². The van der Waals surface area contributed by atoms with E-state index < -0.39 is 10.4 Å². The van der Waals surface area contributed by atoms with E-state index in [9.17, 15) is 0 Å². The van der Waals surface area contributed by atoms with Crippen LogP contribution in [0, 0.1) is 0 Å². The summed E-state index contributed by atoms with van der Waals surface area (Å²) >= 11 is 3.80. The summed E-state index contributed by atoms with van der Waals surface area (Å²) in [5.41, 5.74) is 4.95. The molecule has 0 aromatic carbocycles. The average molecular weight is 175 g/mol. The highest BCUT2D eigenvalue weighted by Gasteiger charge is 1.84. The van der Waals surface area contributed by atoms with Gasteiger partial charge < -0.3 is 5.73 Å². The lowest BCUT2D eigenvalue weighted by Gasteiger charge is -1.69. The topological polar surface area (TPSA) is 101 Å². The van der Waals surface area contributed by atoms with Crippen LogP contribution in [0.5, 0.6) is 0 Å². The molecule has 0 aromatic rings. The van der Waals surface area contributed by atoms with Crippen molar-refractivity contribution in [3.8, 4) is 0 Å². The van der Waals surface area contributed by atoms with E-state index in [1.807, 2.05) is 0 Å². The summed E-state index contributed by atoms with van der Waals surface area (Å²) in [6.07, 6.45) is 0. The Morgan fingerprint density at radius 1 is 1.44 bits per heavy atom. The molecular weight excluding hydrogens is 166 g/mol. The third-order valence-corrected chi connectivity index (χ3v) is 0.387. The minimum absolute atomic E-state index is 0.684. The highest BCUT2D eigenvalue weighted by Crippen LogP contribution is 1.59. The van der Waals surface area contributed by atoms with Gasteiger partial charge in [0.15, 0.2) is 0 Å². The lowest BCUT2D eigenvalue weighted by atomic mass is 10.8. The van der Waals surface area contributed by atoms with Gasteiger partial charge in [0.05, 0.1) is 0 Å². The third kappa shape index (κ3) is 224. The van der Waals surface area contributed by atoms with Gasteiger partial charge in [0, 0.05) is 12.3 Å². The number of nitrogens with two attached hydrogens (primary N) is 1. The number of thiol groups is 1. The van der Waals surface area contributed by atoms with Crippen molar-refractivity contribution in [2.45, 2.75) is 0 Å². The standard InChI is InChI=1S/C2H7NS.H2O4S/c3-1-2-4;1-5(2,3)4/h4H,1-3H2;(H2,1,2,3,4). The van der Waals surface area contributed by atoms with Crippen molar-refractivity contribution in [2.24, 2.45) is 5.73 Å². The molecule has 5 nitrogen and oxygen atoms in total. The highest BCUT2D eigenvalue weighted by atomic mass is 32.3. The summed E-state index contributed by atoms with van der Waals surface area (Å²) in [5.74, 6) is 0.792. The number of hydrogen-bond acceptors (Lipinski definition) is 4. The number of rotatable bonds is 1. The van der Waals surface area contributed by atoms with E-state index >= 15 is 0 Å². The first-order chi connectivity index (χ1) is 3.91. The van der Waals surface area contributed by atoms with Crippen LogP contribution in [0.1, 0.15) is 0 Å². The fraction of sp³-hybridized carbons (Fsp3) is 1.00. The average Bonchev–Trinajstić information content (AvgIpc) is 1.61. The van der Waals surface area contributed by atoms with Crippen LogP contribution in [0.4, 0.5) is 0 Å². The molecule has 0 saturated heterocycles. The van der Waals surface area contributed by atoms with Crippen LogP contribution in [0.15, 0.2) is 0 Å². The zero-order valence-corrected chi connectivity index (χ0v) is 6.27. The molecule has 0 amide bonds. The van der Waals surface area contributed by atoms with Gasteiger partial charge in [0.2, 0.25) is 0 Å². The molecule has 0 bridgehead atoms. The van der Waals surface area contributed by atoms with Crippen molar-refractivity contribution < 1.29 is 17.5 Å². The van der Waals surface area contributed by atoms with Crippen molar-refractivity contribution in [2.75, 3.05) is 12.3 Å². The largest absolute Gasteiger partial charge is 0.394 e. The Morgan fingerprint density at radius 3 is 1.56 bits per heavy atom. The molecule has 0 heterocycles. The Bertz CT molecular complexity index is 120. The molecule has 0 rings (SSSR count). The van der Waals surface area contributed by atoms with E-state index in [-0.39, 0.29) is 0 Å². The van der Waals surface area contributed by atoms with Crippen molar-refractivity contribution in [1.29, 1.82) is 0 Å². The second kappa shape index (κ2) is 6.30. The van der Waals surface area contributed by atoms with Gasteiger partial charge >= 0.3 is 10.4 Å². The fourth-order valence-corrected chi connectivity index (χ4v) is 0. The second-order valence-electron chi connectivity index (χ2n) is 0.960. The summed E-state index contributed by atoms with van der Waals surface area (Å²) in [7, 11) is -4.67. The molecule has 0 aliphatic rings. The van der Waals surface area contributed by atoms with Crippen LogP contribution in [-0.4, -0.2) is 29.8 Å². The van der Waals surface area contributed by atoms with E-state index in [1.54, 1.807) is 0 Å².